The van der Waals surface area contributed by atoms with Gasteiger partial charge in [-0.2, -0.15) is 0 Å². The van der Waals surface area contributed by atoms with E-state index in [2.05, 4.69) is 10.1 Å². The topological polar surface area (TPSA) is 86.7 Å². The molecule has 0 saturated carbocycles. The lowest BCUT2D eigenvalue weighted by atomic mass is 10.1. The first-order chi connectivity index (χ1) is 12.6. The van der Waals surface area contributed by atoms with Crippen molar-refractivity contribution in [2.24, 2.45) is 0 Å². The number of benzene rings is 1. The molecule has 26 heavy (non-hydrogen) atoms. The molecule has 0 unspecified atom stereocenters. The van der Waals surface area contributed by atoms with E-state index in [9.17, 15) is 9.59 Å². The van der Waals surface area contributed by atoms with Gasteiger partial charge in [0.15, 0.2) is 4.96 Å². The number of fused-ring (bicyclic) bond motifs is 3. The van der Waals surface area contributed by atoms with Crippen LogP contribution in [-0.4, -0.2) is 20.5 Å². The maximum absolute atomic E-state index is 12.5. The quantitative estimate of drug-likeness (QED) is 0.514. The molecule has 0 amide bonds. The van der Waals surface area contributed by atoms with E-state index in [1.165, 1.54) is 17.4 Å². The van der Waals surface area contributed by atoms with E-state index in [4.69, 9.17) is 9.26 Å². The Labute approximate surface area is 151 Å². The van der Waals surface area contributed by atoms with Crippen LogP contribution in [0.4, 0.5) is 0 Å². The number of hydrogen-bond donors (Lipinski definition) is 0. The first-order valence-electron chi connectivity index (χ1n) is 8.11. The van der Waals surface area contributed by atoms with Crippen molar-refractivity contribution in [2.75, 3.05) is 0 Å². The summed E-state index contributed by atoms with van der Waals surface area (Å²) in [5, 5.41) is 3.85. The van der Waals surface area contributed by atoms with Crippen molar-refractivity contribution in [1.82, 2.24) is 14.5 Å². The SMILES string of the molecule is CCc1noc(C)c1C(=O)OCc1cc(=O)n2c(n1)sc1ccccc12. The Bertz CT molecular complexity index is 1190. The second-order valence-electron chi connectivity index (χ2n) is 5.76. The second-order valence-corrected chi connectivity index (χ2v) is 6.77. The number of nitrogens with zero attached hydrogens (tertiary/aromatic N) is 3. The maximum atomic E-state index is 12.5. The van der Waals surface area contributed by atoms with Crippen LogP contribution in [0.1, 0.15) is 34.4 Å². The highest BCUT2D eigenvalue weighted by atomic mass is 32.1. The van der Waals surface area contributed by atoms with Gasteiger partial charge in [0.25, 0.3) is 5.56 Å². The van der Waals surface area contributed by atoms with Crippen LogP contribution in [0.5, 0.6) is 0 Å². The van der Waals surface area contributed by atoms with Gasteiger partial charge in [0.1, 0.15) is 17.9 Å². The summed E-state index contributed by atoms with van der Waals surface area (Å²) in [7, 11) is 0. The van der Waals surface area contributed by atoms with Crippen LogP contribution in [0.3, 0.4) is 0 Å². The molecule has 0 aliphatic heterocycles. The zero-order chi connectivity index (χ0) is 18.3. The third-order valence-electron chi connectivity index (χ3n) is 4.07. The molecule has 7 nitrogen and oxygen atoms in total. The Hall–Kier alpha value is -3.00. The monoisotopic (exact) mass is 369 g/mol. The number of ether oxygens (including phenoxy) is 1. The fraction of sp³-hybridized carbons (Fsp3) is 0.222. The maximum Gasteiger partial charge on any atom is 0.344 e. The molecule has 132 valence electrons. The average Bonchev–Trinajstić information content (AvgIpc) is 3.19. The molecule has 0 saturated heterocycles. The van der Waals surface area contributed by atoms with Gasteiger partial charge in [-0.3, -0.25) is 9.20 Å². The van der Waals surface area contributed by atoms with Crippen molar-refractivity contribution in [1.29, 1.82) is 0 Å². The number of hydrogen-bond acceptors (Lipinski definition) is 7. The van der Waals surface area contributed by atoms with Crippen molar-refractivity contribution in [2.45, 2.75) is 26.9 Å². The lowest BCUT2D eigenvalue weighted by Crippen LogP contribution is -2.15. The fourth-order valence-corrected chi connectivity index (χ4v) is 3.88. The number of para-hydroxylation sites is 1. The highest BCUT2D eigenvalue weighted by Gasteiger charge is 2.21. The van der Waals surface area contributed by atoms with Crippen LogP contribution < -0.4 is 5.56 Å². The number of carbonyl (C=O) groups excluding carboxylic acids is 1. The highest BCUT2D eigenvalue weighted by Crippen LogP contribution is 2.23. The molecular weight excluding hydrogens is 354 g/mol. The fourth-order valence-electron chi connectivity index (χ4n) is 2.83. The standard InChI is InChI=1S/C18H15N3O4S/c1-3-12-16(10(2)25-20-12)17(23)24-9-11-8-15(22)21-13-6-4-5-7-14(13)26-18(21)19-11/h4-8H,3,9H2,1-2H3. The minimum absolute atomic E-state index is 0.0907. The number of rotatable bonds is 4. The normalized spacial score (nSPS) is 11.3. The summed E-state index contributed by atoms with van der Waals surface area (Å²) in [6.07, 6.45) is 0.565. The van der Waals surface area contributed by atoms with E-state index < -0.39 is 5.97 Å². The molecule has 0 aliphatic carbocycles. The van der Waals surface area contributed by atoms with Crippen molar-refractivity contribution in [3.63, 3.8) is 0 Å². The van der Waals surface area contributed by atoms with Gasteiger partial charge in [-0.25, -0.2) is 9.78 Å². The Balaban J connectivity index is 1.63. The highest BCUT2D eigenvalue weighted by molar-refractivity contribution is 7.23. The van der Waals surface area contributed by atoms with E-state index >= 15 is 0 Å². The zero-order valence-electron chi connectivity index (χ0n) is 14.2. The van der Waals surface area contributed by atoms with Crippen LogP contribution in [0.2, 0.25) is 0 Å². The molecular formula is C18H15N3O4S. The number of aromatic nitrogens is 3. The first kappa shape index (κ1) is 16.5. The van der Waals surface area contributed by atoms with E-state index in [0.29, 0.717) is 34.1 Å². The predicted octanol–water partition coefficient (Wildman–Crippen LogP) is 3.13. The van der Waals surface area contributed by atoms with Crippen LogP contribution in [0, 0.1) is 6.92 Å². The molecule has 0 N–H and O–H groups in total. The molecule has 0 spiro atoms. The Morgan fingerprint density at radius 2 is 2.15 bits per heavy atom. The lowest BCUT2D eigenvalue weighted by molar-refractivity contribution is 0.0464. The number of esters is 1. The second kappa shape index (κ2) is 6.38. The molecule has 0 fully saturated rings. The average molecular weight is 369 g/mol. The minimum Gasteiger partial charge on any atom is -0.455 e. The molecule has 0 atom stereocenters. The summed E-state index contributed by atoms with van der Waals surface area (Å²) in [6, 6.07) is 9.00. The van der Waals surface area contributed by atoms with E-state index in [-0.39, 0.29) is 12.2 Å². The molecule has 0 aliphatic rings. The third-order valence-corrected chi connectivity index (χ3v) is 5.09. The third kappa shape index (κ3) is 2.68. The van der Waals surface area contributed by atoms with E-state index in [1.54, 1.807) is 11.3 Å². The van der Waals surface area contributed by atoms with Crippen LogP contribution in [-0.2, 0) is 17.8 Å². The van der Waals surface area contributed by atoms with Gasteiger partial charge in [0, 0.05) is 6.07 Å². The van der Waals surface area contributed by atoms with Gasteiger partial charge in [-0.1, -0.05) is 35.5 Å². The summed E-state index contributed by atoms with van der Waals surface area (Å²) in [5.41, 5.74) is 1.92. The molecule has 8 heteroatoms. The summed E-state index contributed by atoms with van der Waals surface area (Å²) >= 11 is 1.42. The summed E-state index contributed by atoms with van der Waals surface area (Å²) < 4.78 is 12.9. The molecule has 3 heterocycles. The smallest absolute Gasteiger partial charge is 0.344 e. The van der Waals surface area contributed by atoms with Gasteiger partial charge >= 0.3 is 5.97 Å². The number of aryl methyl sites for hydroxylation is 2. The number of thiazole rings is 1. The van der Waals surface area contributed by atoms with E-state index in [0.717, 1.165) is 10.2 Å². The lowest BCUT2D eigenvalue weighted by Gasteiger charge is -2.04. The predicted molar refractivity (Wildman–Crippen MR) is 96.6 cm³/mol. The van der Waals surface area contributed by atoms with Crippen LogP contribution >= 0.6 is 11.3 Å². The van der Waals surface area contributed by atoms with Crippen molar-refractivity contribution in [3.8, 4) is 0 Å². The Morgan fingerprint density at radius 1 is 1.35 bits per heavy atom. The molecule has 0 bridgehead atoms. The van der Waals surface area contributed by atoms with Gasteiger partial charge < -0.3 is 9.26 Å². The molecule has 1 aromatic carbocycles. The largest absolute Gasteiger partial charge is 0.455 e. The molecule has 4 aromatic rings. The van der Waals surface area contributed by atoms with E-state index in [1.807, 2.05) is 31.2 Å². The Kier molecular flexibility index (Phi) is 4.04. The van der Waals surface area contributed by atoms with Crippen molar-refractivity contribution >= 4 is 32.5 Å². The molecule has 0 radical (unpaired) electrons. The number of carbonyl (C=O) groups is 1. The minimum atomic E-state index is -0.529. The van der Waals surface area contributed by atoms with Gasteiger partial charge in [0.2, 0.25) is 0 Å². The summed E-state index contributed by atoms with van der Waals surface area (Å²) in [5.74, 6) is -0.112. The first-order valence-corrected chi connectivity index (χ1v) is 8.92. The van der Waals surface area contributed by atoms with Gasteiger partial charge in [0.05, 0.1) is 21.6 Å². The Morgan fingerprint density at radius 3 is 2.96 bits per heavy atom. The van der Waals surface area contributed by atoms with Crippen LogP contribution in [0.15, 0.2) is 39.6 Å². The van der Waals surface area contributed by atoms with Gasteiger partial charge in [-0.15, -0.1) is 0 Å². The molecule has 3 aromatic heterocycles. The van der Waals surface area contributed by atoms with Crippen molar-refractivity contribution in [3.05, 3.63) is 63.4 Å². The molecule has 4 rings (SSSR count). The zero-order valence-corrected chi connectivity index (χ0v) is 15.0. The van der Waals surface area contributed by atoms with Crippen molar-refractivity contribution < 1.29 is 14.1 Å². The van der Waals surface area contributed by atoms with Crippen LogP contribution in [0.25, 0.3) is 15.2 Å². The van der Waals surface area contributed by atoms with Gasteiger partial charge in [-0.05, 0) is 25.5 Å². The summed E-state index contributed by atoms with van der Waals surface area (Å²) in [6.45, 7) is 3.45. The summed E-state index contributed by atoms with van der Waals surface area (Å²) in [4.78, 5) is 29.8.